The average molecular weight is 1260 g/mol. The van der Waals surface area contributed by atoms with Gasteiger partial charge in [0.25, 0.3) is 0 Å². The second kappa shape index (κ2) is 30.7. The van der Waals surface area contributed by atoms with Gasteiger partial charge in [0.15, 0.2) is 0 Å². The highest BCUT2D eigenvalue weighted by Crippen LogP contribution is 2.58. The molecule has 2 heteroatoms. The summed E-state index contributed by atoms with van der Waals surface area (Å²) in [5.74, 6) is 0. The lowest BCUT2D eigenvalue weighted by molar-refractivity contribution is 0.779. The third-order valence-electron chi connectivity index (χ3n) is 21.0. The number of hydrogen-bond donors (Lipinski definition) is 0. The van der Waals surface area contributed by atoms with E-state index in [-0.39, 0.29) is 0 Å². The van der Waals surface area contributed by atoms with Crippen molar-refractivity contribution in [2.24, 2.45) is 0 Å². The number of rotatable bonds is 32. The molecule has 0 unspecified atom stereocenters. The first kappa shape index (κ1) is 66.2. The Hall–Kier alpha value is -8.46. The highest BCUT2D eigenvalue weighted by Gasteiger charge is 2.31. The van der Waals surface area contributed by atoms with Crippen LogP contribution in [-0.2, 0) is 51.4 Å². The number of fused-ring (bicyclic) bond motifs is 6. The number of unbranched alkanes of at least 4 members (excludes halogenated alkanes) is 8. The van der Waals surface area contributed by atoms with E-state index >= 15 is 0 Å². The summed E-state index contributed by atoms with van der Waals surface area (Å²) in [4.78, 5) is 5.38. The molecule has 2 nitrogen and oxygen atoms in total. The second-order valence-corrected chi connectivity index (χ2v) is 28.2. The van der Waals surface area contributed by atoms with E-state index in [0.29, 0.717) is 0 Å². The van der Waals surface area contributed by atoms with Crippen molar-refractivity contribution in [1.82, 2.24) is 0 Å². The van der Waals surface area contributed by atoms with Crippen LogP contribution in [-0.4, -0.2) is 0 Å². The van der Waals surface area contributed by atoms with Crippen LogP contribution in [0.4, 0.5) is 34.1 Å². The predicted octanol–water partition coefficient (Wildman–Crippen LogP) is 28.5. The van der Waals surface area contributed by atoms with Crippen molar-refractivity contribution >= 4 is 98.8 Å². The first-order chi connectivity index (χ1) is 47.3. The Morgan fingerprint density at radius 1 is 0.208 bits per heavy atom. The lowest BCUT2D eigenvalue weighted by Gasteiger charge is -2.29. The zero-order chi connectivity index (χ0) is 66.1. The topological polar surface area (TPSA) is 6.48 Å². The van der Waals surface area contributed by atoms with Crippen molar-refractivity contribution in [1.29, 1.82) is 0 Å². The average Bonchev–Trinajstić information content (AvgIpc) is 1.51. The lowest BCUT2D eigenvalue weighted by atomic mass is 9.87. The van der Waals surface area contributed by atoms with Gasteiger partial charge in [0.2, 0.25) is 0 Å². The Morgan fingerprint density at radius 3 is 0.677 bits per heavy atom. The molecule has 0 amide bonds. The fraction of sp³-hybridized carbons (Fsp3) is 0.340. The van der Waals surface area contributed by atoms with Crippen LogP contribution in [0, 0.1) is 0 Å². The van der Waals surface area contributed by atoms with Crippen LogP contribution < -0.4 is 9.80 Å². The summed E-state index contributed by atoms with van der Waals surface area (Å²) in [7, 11) is 0. The maximum atomic E-state index is 2.69. The molecular formula is C94H104N2. The number of anilines is 6. The van der Waals surface area contributed by atoms with E-state index in [1.807, 2.05) is 0 Å². The molecule has 0 spiro atoms. The van der Waals surface area contributed by atoms with Gasteiger partial charge in [-0.25, -0.2) is 0 Å². The minimum atomic E-state index is 1.08. The molecule has 0 radical (unpaired) electrons. The van der Waals surface area contributed by atoms with Gasteiger partial charge in [-0.05, 0) is 284 Å². The zero-order valence-electron chi connectivity index (χ0n) is 59.3. The third-order valence-corrected chi connectivity index (χ3v) is 21.0. The van der Waals surface area contributed by atoms with Crippen LogP contribution in [0.5, 0.6) is 0 Å². The molecule has 13 aromatic carbocycles. The minimum absolute atomic E-state index is 1.08. The SMILES string of the molecule is CCCCc1cc(CCCC)cc(N(c2cc(CCCC)cc(CCCC)c2)c2ccc3c4c(-c5ccccc5)c5c6cccc7c(N(c8cc(CCCC)cc(CCCC)c8)c8cc(CCCC)cc(CCCC)c8)ccc(c5c(-c5ccccc5)c4c4cccc2c43)c76)c1. The normalized spacial score (nSPS) is 11.9. The maximum Gasteiger partial charge on any atom is 0.0540 e. The van der Waals surface area contributed by atoms with Crippen molar-refractivity contribution < 1.29 is 0 Å². The molecule has 0 heterocycles. The van der Waals surface area contributed by atoms with Gasteiger partial charge >= 0.3 is 0 Å². The molecule has 0 aromatic heterocycles. The van der Waals surface area contributed by atoms with Crippen molar-refractivity contribution in [2.75, 3.05) is 9.80 Å². The van der Waals surface area contributed by atoms with Gasteiger partial charge < -0.3 is 9.80 Å². The molecule has 0 atom stereocenters. The van der Waals surface area contributed by atoms with Crippen LogP contribution in [0.1, 0.15) is 203 Å². The number of benzene rings is 11. The van der Waals surface area contributed by atoms with E-state index in [1.165, 1.54) is 268 Å². The molecule has 0 saturated heterocycles. The van der Waals surface area contributed by atoms with Crippen molar-refractivity contribution in [3.63, 3.8) is 0 Å². The van der Waals surface area contributed by atoms with Gasteiger partial charge in [0.05, 0.1) is 11.4 Å². The largest absolute Gasteiger partial charge is 0.310 e. The van der Waals surface area contributed by atoms with Gasteiger partial charge in [-0.2, -0.15) is 0 Å². The van der Waals surface area contributed by atoms with Crippen LogP contribution >= 0.6 is 0 Å². The van der Waals surface area contributed by atoms with Crippen LogP contribution in [0.2, 0.25) is 0 Å². The number of hydrogen-bond acceptors (Lipinski definition) is 2. The molecule has 0 aliphatic carbocycles. The lowest BCUT2D eigenvalue weighted by Crippen LogP contribution is -2.13. The fourth-order valence-corrected chi connectivity index (χ4v) is 16.2. The van der Waals surface area contributed by atoms with Crippen LogP contribution in [0.25, 0.3) is 86.9 Å². The highest BCUT2D eigenvalue weighted by atomic mass is 15.2. The molecule has 0 aliphatic heterocycles. The van der Waals surface area contributed by atoms with Gasteiger partial charge in [-0.3, -0.25) is 0 Å². The molecule has 0 bridgehead atoms. The molecule has 0 fully saturated rings. The minimum Gasteiger partial charge on any atom is -0.310 e. The van der Waals surface area contributed by atoms with Crippen LogP contribution in [0.15, 0.2) is 194 Å². The Balaban J connectivity index is 1.14. The van der Waals surface area contributed by atoms with E-state index in [2.05, 4.69) is 259 Å². The van der Waals surface area contributed by atoms with E-state index in [0.717, 1.165) is 51.4 Å². The summed E-state index contributed by atoms with van der Waals surface area (Å²) < 4.78 is 0. The van der Waals surface area contributed by atoms with E-state index in [9.17, 15) is 0 Å². The quantitative estimate of drug-likeness (QED) is 0.0415. The van der Waals surface area contributed by atoms with E-state index in [4.69, 9.17) is 0 Å². The third kappa shape index (κ3) is 13.4. The molecule has 13 aromatic rings. The van der Waals surface area contributed by atoms with Crippen molar-refractivity contribution in [3.8, 4) is 22.3 Å². The Bertz CT molecular complexity index is 4170. The summed E-state index contributed by atoms with van der Waals surface area (Å²) in [5.41, 5.74) is 24.3. The summed E-state index contributed by atoms with van der Waals surface area (Å²) in [6, 6.07) is 78.2. The van der Waals surface area contributed by atoms with Gasteiger partial charge in [0.1, 0.15) is 0 Å². The summed E-state index contributed by atoms with van der Waals surface area (Å²) in [6.07, 6.45) is 27.5. The molecule has 96 heavy (non-hydrogen) atoms. The molecule has 13 rings (SSSR count). The molecule has 490 valence electrons. The van der Waals surface area contributed by atoms with Gasteiger partial charge in [-0.15, -0.1) is 0 Å². The van der Waals surface area contributed by atoms with Gasteiger partial charge in [-0.1, -0.05) is 240 Å². The first-order valence-corrected chi connectivity index (χ1v) is 37.9. The number of nitrogens with zero attached hydrogens (tertiary/aromatic N) is 2. The molecule has 0 N–H and O–H groups in total. The second-order valence-electron chi connectivity index (χ2n) is 28.2. The monoisotopic (exact) mass is 1260 g/mol. The van der Waals surface area contributed by atoms with Crippen LogP contribution in [0.3, 0.4) is 0 Å². The summed E-state index contributed by atoms with van der Waals surface area (Å²) in [6.45, 7) is 18.7. The Morgan fingerprint density at radius 2 is 0.438 bits per heavy atom. The standard InChI is InChI=1S/C94H104N2/c1-9-17-33-65-53-66(34-18-10-2)58-75(57-65)95(76-59-67(35-19-11-3)54-68(60-76)36-20-12-4)85-51-49-83-89-79(85)45-31-47-81(89)91-87(73-41-27-25-28-42-73)94-84-50-52-86(80-46-32-48-82(90(80)84)92(94)88(93(83)91)74-43-29-26-30-44-74)96(77-61-69(37-21-13-5)55-70(62-77)38-22-14-6)78-63-71(39-23-15-7)56-72(64-78)40-24-16-8/h25-32,41-64H,9-24,33-40H2,1-8H3. The fourth-order valence-electron chi connectivity index (χ4n) is 16.2. The Kier molecular flexibility index (Phi) is 21.2. The predicted molar refractivity (Wildman–Crippen MR) is 423 cm³/mol. The van der Waals surface area contributed by atoms with E-state index in [1.54, 1.807) is 0 Å². The zero-order valence-corrected chi connectivity index (χ0v) is 59.3. The van der Waals surface area contributed by atoms with E-state index < -0.39 is 0 Å². The summed E-state index contributed by atoms with van der Waals surface area (Å²) in [5, 5.41) is 15.9. The highest BCUT2D eigenvalue weighted by molar-refractivity contribution is 6.47. The van der Waals surface area contributed by atoms with Crippen molar-refractivity contribution in [3.05, 3.63) is 239 Å². The Labute approximate surface area is 575 Å². The molecule has 0 aliphatic rings. The maximum absolute atomic E-state index is 2.69. The van der Waals surface area contributed by atoms with Crippen molar-refractivity contribution in [2.45, 2.75) is 209 Å². The molecule has 0 saturated carbocycles. The molecular weight excluding hydrogens is 1160 g/mol. The summed E-state index contributed by atoms with van der Waals surface area (Å²) >= 11 is 0. The van der Waals surface area contributed by atoms with Gasteiger partial charge in [0, 0.05) is 33.5 Å². The first-order valence-electron chi connectivity index (χ1n) is 37.9. The number of aryl methyl sites for hydroxylation is 8. The smallest absolute Gasteiger partial charge is 0.0540 e.